The average molecular weight is 399 g/mol. The third-order valence-electron chi connectivity index (χ3n) is 5.13. The van der Waals surface area contributed by atoms with Crippen LogP contribution in [0.3, 0.4) is 0 Å². The predicted molar refractivity (Wildman–Crippen MR) is 114 cm³/mol. The fourth-order valence-corrected chi connectivity index (χ4v) is 4.51. The van der Waals surface area contributed by atoms with E-state index in [1.54, 1.807) is 6.08 Å². The van der Waals surface area contributed by atoms with Gasteiger partial charge in [0.25, 0.3) is 0 Å². The van der Waals surface area contributed by atoms with Gasteiger partial charge in [-0.2, -0.15) is 0 Å². The second-order valence-corrected chi connectivity index (χ2v) is 7.39. The summed E-state index contributed by atoms with van der Waals surface area (Å²) in [6.07, 6.45) is 5.84. The molecule has 0 nitrogen and oxygen atoms in total. The lowest BCUT2D eigenvalue weighted by Crippen LogP contribution is -2.28. The molecule has 0 bridgehead atoms. The first-order valence-electron chi connectivity index (χ1n) is 8.63. The number of benzene rings is 3. The van der Waals surface area contributed by atoms with E-state index in [9.17, 15) is 0 Å². The molecule has 4 rings (SSSR count). The smallest absolute Gasteiger partial charge is 0.0708 e. The molecule has 26 heavy (non-hydrogen) atoms. The van der Waals surface area contributed by atoms with Gasteiger partial charge < -0.3 is 0 Å². The largest absolute Gasteiger partial charge is 0.0991 e. The summed E-state index contributed by atoms with van der Waals surface area (Å²) in [5.74, 6) is 0. The maximum atomic E-state index is 4.50. The Morgan fingerprint density at radius 3 is 2.04 bits per heavy atom. The Morgan fingerprint density at radius 1 is 0.846 bits per heavy atom. The maximum Gasteiger partial charge on any atom is 0.0708 e. The normalized spacial score (nSPS) is 14.0. The zero-order chi connectivity index (χ0) is 18.1. The molecular weight excluding hydrogens is 380 g/mol. The Kier molecular flexibility index (Phi) is 4.26. The van der Waals surface area contributed by atoms with Gasteiger partial charge in [-0.15, -0.1) is 0 Å². The minimum absolute atomic E-state index is 0.406. The van der Waals surface area contributed by atoms with Crippen molar-refractivity contribution in [3.8, 4) is 11.1 Å². The molecule has 0 unspecified atom stereocenters. The Labute approximate surface area is 163 Å². The second-order valence-electron chi connectivity index (χ2n) is 6.47. The predicted octanol–water partition coefficient (Wildman–Crippen LogP) is 7.06. The maximum absolute atomic E-state index is 4.50. The van der Waals surface area contributed by atoms with E-state index in [0.717, 1.165) is 10.0 Å². The van der Waals surface area contributed by atoms with E-state index in [-0.39, 0.29) is 0 Å². The van der Waals surface area contributed by atoms with Crippen molar-refractivity contribution in [2.45, 2.75) is 5.41 Å². The van der Waals surface area contributed by atoms with E-state index in [0.29, 0.717) is 0 Å². The van der Waals surface area contributed by atoms with Crippen LogP contribution in [0.15, 0.2) is 114 Å². The highest BCUT2D eigenvalue weighted by Crippen LogP contribution is 2.56. The highest BCUT2D eigenvalue weighted by molar-refractivity contribution is 9.10. The van der Waals surface area contributed by atoms with Gasteiger partial charge in [0, 0.05) is 4.47 Å². The van der Waals surface area contributed by atoms with Crippen molar-refractivity contribution in [1.29, 1.82) is 0 Å². The van der Waals surface area contributed by atoms with E-state index in [2.05, 4.69) is 108 Å². The van der Waals surface area contributed by atoms with Gasteiger partial charge in [-0.25, -0.2) is 0 Å². The molecule has 0 saturated heterocycles. The van der Waals surface area contributed by atoms with Gasteiger partial charge in [0.2, 0.25) is 0 Å². The second kappa shape index (κ2) is 6.59. The summed E-state index contributed by atoms with van der Waals surface area (Å²) in [4.78, 5) is 0. The summed E-state index contributed by atoms with van der Waals surface area (Å²) in [6.45, 7) is 8.32. The van der Waals surface area contributed by atoms with E-state index in [4.69, 9.17) is 0 Å². The van der Waals surface area contributed by atoms with Crippen LogP contribution in [-0.2, 0) is 5.41 Å². The van der Waals surface area contributed by atoms with Gasteiger partial charge in [0.15, 0.2) is 0 Å². The molecule has 1 heteroatoms. The van der Waals surface area contributed by atoms with Crippen molar-refractivity contribution in [1.82, 2.24) is 0 Å². The van der Waals surface area contributed by atoms with Crippen molar-refractivity contribution in [2.75, 3.05) is 0 Å². The standard InChI is InChI=1S/C25H19Br/c1-3-4-10-18(2)25(19-11-9-12-20(26)17-19)23-15-7-5-13-21(23)22-14-6-8-16-24(22)25/h3-17H,1-2H2/b10-4-. The topological polar surface area (TPSA) is 0 Å². The first-order valence-corrected chi connectivity index (χ1v) is 9.43. The molecule has 0 saturated carbocycles. The fraction of sp³-hybridized carbons (Fsp3) is 0.0400. The average Bonchev–Trinajstić information content (AvgIpc) is 2.98. The minimum Gasteiger partial charge on any atom is -0.0991 e. The molecule has 0 atom stereocenters. The van der Waals surface area contributed by atoms with Crippen LogP contribution in [0, 0.1) is 0 Å². The third kappa shape index (κ3) is 2.35. The Balaban J connectivity index is 2.14. The summed E-state index contributed by atoms with van der Waals surface area (Å²) >= 11 is 3.65. The molecule has 0 aliphatic heterocycles. The van der Waals surface area contributed by atoms with Crippen LogP contribution in [0.25, 0.3) is 11.1 Å². The van der Waals surface area contributed by atoms with E-state index < -0.39 is 5.41 Å². The van der Waals surface area contributed by atoms with Crippen molar-refractivity contribution in [3.05, 3.63) is 131 Å². The quantitative estimate of drug-likeness (QED) is 0.412. The summed E-state index contributed by atoms with van der Waals surface area (Å²) in [5, 5.41) is 0. The number of fused-ring (bicyclic) bond motifs is 3. The molecule has 3 aromatic rings. The molecular formula is C25H19Br. The first-order chi connectivity index (χ1) is 12.7. The lowest BCUT2D eigenvalue weighted by Gasteiger charge is -2.34. The minimum atomic E-state index is -0.406. The van der Waals surface area contributed by atoms with E-state index in [1.807, 2.05) is 6.08 Å². The highest BCUT2D eigenvalue weighted by atomic mass is 79.9. The summed E-state index contributed by atoms with van der Waals surface area (Å²) in [6, 6.07) is 25.8. The summed E-state index contributed by atoms with van der Waals surface area (Å²) in [7, 11) is 0. The number of rotatable bonds is 4. The summed E-state index contributed by atoms with van der Waals surface area (Å²) in [5.41, 5.74) is 6.94. The van der Waals surface area contributed by atoms with Crippen LogP contribution < -0.4 is 0 Å². The van der Waals surface area contributed by atoms with Gasteiger partial charge in [-0.05, 0) is 45.5 Å². The SMILES string of the molecule is C=C/C=C\C(=C)C1(c2cccc(Br)c2)c2ccccc2-c2ccccc21. The molecule has 1 aliphatic rings. The molecule has 1 aliphatic carbocycles. The number of hydrogen-bond donors (Lipinski definition) is 0. The van der Waals surface area contributed by atoms with Crippen molar-refractivity contribution >= 4 is 15.9 Å². The number of hydrogen-bond acceptors (Lipinski definition) is 0. The van der Waals surface area contributed by atoms with E-state index >= 15 is 0 Å². The molecule has 0 heterocycles. The zero-order valence-corrected chi connectivity index (χ0v) is 16.0. The van der Waals surface area contributed by atoms with Crippen LogP contribution in [0.4, 0.5) is 0 Å². The molecule has 0 radical (unpaired) electrons. The number of halogens is 1. The molecule has 3 aromatic carbocycles. The first kappa shape index (κ1) is 16.8. The van der Waals surface area contributed by atoms with Gasteiger partial charge in [-0.3, -0.25) is 0 Å². The van der Waals surface area contributed by atoms with Gasteiger partial charge >= 0.3 is 0 Å². The Bertz CT molecular complexity index is 994. The monoisotopic (exact) mass is 398 g/mol. The van der Waals surface area contributed by atoms with Crippen LogP contribution in [0.2, 0.25) is 0 Å². The third-order valence-corrected chi connectivity index (χ3v) is 5.62. The van der Waals surface area contributed by atoms with Crippen LogP contribution in [0.5, 0.6) is 0 Å². The molecule has 0 aromatic heterocycles. The molecule has 126 valence electrons. The Hall–Kier alpha value is -2.64. The van der Waals surface area contributed by atoms with Gasteiger partial charge in [0.1, 0.15) is 0 Å². The van der Waals surface area contributed by atoms with Crippen molar-refractivity contribution in [2.24, 2.45) is 0 Å². The number of allylic oxidation sites excluding steroid dienone is 4. The lowest BCUT2D eigenvalue weighted by atomic mass is 9.67. The highest BCUT2D eigenvalue weighted by Gasteiger charge is 2.45. The molecule has 0 spiro atoms. The van der Waals surface area contributed by atoms with Gasteiger partial charge in [-0.1, -0.05) is 108 Å². The van der Waals surface area contributed by atoms with Crippen molar-refractivity contribution in [3.63, 3.8) is 0 Å². The molecule has 0 N–H and O–H groups in total. The van der Waals surface area contributed by atoms with Gasteiger partial charge in [0.05, 0.1) is 5.41 Å². The molecule has 0 fully saturated rings. The van der Waals surface area contributed by atoms with Crippen molar-refractivity contribution < 1.29 is 0 Å². The van der Waals surface area contributed by atoms with Crippen LogP contribution in [0.1, 0.15) is 16.7 Å². The van der Waals surface area contributed by atoms with E-state index in [1.165, 1.54) is 27.8 Å². The summed E-state index contributed by atoms with van der Waals surface area (Å²) < 4.78 is 1.07. The lowest BCUT2D eigenvalue weighted by molar-refractivity contribution is 0.769. The van der Waals surface area contributed by atoms with Crippen LogP contribution in [-0.4, -0.2) is 0 Å². The fourth-order valence-electron chi connectivity index (χ4n) is 4.11. The molecule has 0 amide bonds. The Morgan fingerprint density at radius 2 is 1.46 bits per heavy atom. The zero-order valence-electron chi connectivity index (χ0n) is 14.5. The van der Waals surface area contributed by atoms with Crippen LogP contribution >= 0.6 is 15.9 Å².